The molecule has 2 N–H and O–H groups in total. The molecule has 0 spiro atoms. The van der Waals surface area contributed by atoms with Crippen molar-refractivity contribution in [2.45, 2.75) is 19.5 Å². The topological polar surface area (TPSA) is 32.3 Å². The van der Waals surface area contributed by atoms with E-state index in [4.69, 9.17) is 5.11 Å². The van der Waals surface area contributed by atoms with E-state index >= 15 is 0 Å². The molecular formula is C13H15NOS. The fraction of sp³-hybridized carbons (Fsp3) is 0.231. The van der Waals surface area contributed by atoms with Crippen LogP contribution in [0.1, 0.15) is 23.4 Å². The number of aromatic hydroxyl groups is 1. The Bertz CT molecular complexity index is 422. The second-order valence-corrected chi connectivity index (χ2v) is 4.76. The average Bonchev–Trinajstić information content (AvgIpc) is 2.81. The molecule has 0 amide bonds. The summed E-state index contributed by atoms with van der Waals surface area (Å²) in [4.78, 5) is 1.35. The molecular weight excluding hydrogens is 218 g/mol. The highest BCUT2D eigenvalue weighted by Gasteiger charge is 2.04. The van der Waals surface area contributed by atoms with Crippen molar-refractivity contribution in [3.63, 3.8) is 0 Å². The molecule has 0 aliphatic rings. The Hall–Kier alpha value is -1.32. The summed E-state index contributed by atoms with van der Waals surface area (Å²) < 4.78 is 0. The first kappa shape index (κ1) is 11.2. The van der Waals surface area contributed by atoms with Crippen molar-refractivity contribution in [2.24, 2.45) is 0 Å². The molecule has 0 saturated carbocycles. The predicted octanol–water partition coefficient (Wildman–Crippen LogP) is 3.30. The maximum atomic E-state index is 9.17. The highest BCUT2D eigenvalue weighted by Crippen LogP contribution is 2.18. The quantitative estimate of drug-likeness (QED) is 0.849. The van der Waals surface area contributed by atoms with Crippen LogP contribution in [-0.4, -0.2) is 5.11 Å². The minimum absolute atomic E-state index is 0.315. The molecule has 2 aromatic rings. The van der Waals surface area contributed by atoms with E-state index in [9.17, 15) is 0 Å². The van der Waals surface area contributed by atoms with Crippen LogP contribution in [0.5, 0.6) is 5.75 Å². The zero-order chi connectivity index (χ0) is 11.4. The summed E-state index contributed by atoms with van der Waals surface area (Å²) in [5.41, 5.74) is 1.18. The maximum absolute atomic E-state index is 9.17. The summed E-state index contributed by atoms with van der Waals surface area (Å²) >= 11 is 1.77. The van der Waals surface area contributed by atoms with Gasteiger partial charge in [-0.25, -0.2) is 0 Å². The van der Waals surface area contributed by atoms with Gasteiger partial charge in [-0.3, -0.25) is 0 Å². The van der Waals surface area contributed by atoms with Gasteiger partial charge in [0, 0.05) is 17.5 Å². The minimum Gasteiger partial charge on any atom is -0.508 e. The molecule has 84 valence electrons. The van der Waals surface area contributed by atoms with Gasteiger partial charge in [-0.15, -0.1) is 11.3 Å². The van der Waals surface area contributed by atoms with Crippen molar-refractivity contribution in [3.05, 3.63) is 52.2 Å². The molecule has 1 aromatic heterocycles. The Balaban J connectivity index is 1.90. The summed E-state index contributed by atoms with van der Waals surface area (Å²) in [6.07, 6.45) is 0. The Kier molecular flexibility index (Phi) is 3.59. The SMILES string of the molecule is C[C@H](NCc1ccc(O)cc1)c1cccs1. The van der Waals surface area contributed by atoms with Crippen LogP contribution in [0.2, 0.25) is 0 Å². The molecule has 3 heteroatoms. The summed E-state index contributed by atoms with van der Waals surface area (Å²) in [5.74, 6) is 0.315. The highest BCUT2D eigenvalue weighted by atomic mass is 32.1. The number of phenols is 1. The van der Waals surface area contributed by atoms with E-state index in [1.54, 1.807) is 23.5 Å². The van der Waals surface area contributed by atoms with Crippen LogP contribution in [0.15, 0.2) is 41.8 Å². The average molecular weight is 233 g/mol. The van der Waals surface area contributed by atoms with Gasteiger partial charge >= 0.3 is 0 Å². The third-order valence-electron chi connectivity index (χ3n) is 2.52. The first-order valence-corrected chi connectivity index (χ1v) is 6.18. The second kappa shape index (κ2) is 5.14. The molecule has 1 aromatic carbocycles. The summed E-state index contributed by atoms with van der Waals surface area (Å²) in [6.45, 7) is 2.98. The third kappa shape index (κ3) is 2.84. The second-order valence-electron chi connectivity index (χ2n) is 3.78. The fourth-order valence-electron chi connectivity index (χ4n) is 1.52. The van der Waals surface area contributed by atoms with Crippen molar-refractivity contribution >= 4 is 11.3 Å². The number of hydrogen-bond donors (Lipinski definition) is 2. The Labute approximate surface area is 99.6 Å². The van der Waals surface area contributed by atoms with Crippen molar-refractivity contribution in [1.29, 1.82) is 0 Å². The molecule has 0 unspecified atom stereocenters. The van der Waals surface area contributed by atoms with E-state index in [0.717, 1.165) is 6.54 Å². The number of phenolic OH excluding ortho intramolecular Hbond substituents is 1. The molecule has 1 atom stereocenters. The van der Waals surface area contributed by atoms with E-state index in [2.05, 4.69) is 29.8 Å². The van der Waals surface area contributed by atoms with Gasteiger partial charge in [0.25, 0.3) is 0 Å². The molecule has 1 heterocycles. The number of benzene rings is 1. The van der Waals surface area contributed by atoms with Gasteiger partial charge in [-0.1, -0.05) is 18.2 Å². The van der Waals surface area contributed by atoms with E-state index < -0.39 is 0 Å². The number of rotatable bonds is 4. The molecule has 0 fully saturated rings. The zero-order valence-electron chi connectivity index (χ0n) is 9.18. The van der Waals surface area contributed by atoms with Gasteiger partial charge in [0.05, 0.1) is 0 Å². The molecule has 0 aliphatic carbocycles. The van der Waals surface area contributed by atoms with Gasteiger partial charge in [0.1, 0.15) is 5.75 Å². The van der Waals surface area contributed by atoms with E-state index in [1.807, 2.05) is 12.1 Å². The lowest BCUT2D eigenvalue weighted by atomic mass is 10.2. The first-order valence-electron chi connectivity index (χ1n) is 5.30. The van der Waals surface area contributed by atoms with Crippen LogP contribution in [0.3, 0.4) is 0 Å². The van der Waals surface area contributed by atoms with Crippen LogP contribution in [-0.2, 0) is 6.54 Å². The van der Waals surface area contributed by atoms with Crippen LogP contribution in [0.25, 0.3) is 0 Å². The van der Waals surface area contributed by atoms with E-state index in [1.165, 1.54) is 10.4 Å². The molecule has 2 nitrogen and oxygen atoms in total. The standard InChI is InChI=1S/C13H15NOS/c1-10(13-3-2-8-16-13)14-9-11-4-6-12(15)7-5-11/h2-8,10,14-15H,9H2,1H3/t10-/m0/s1. The summed E-state index contributed by atoms with van der Waals surface area (Å²) in [5, 5.41) is 14.7. The summed E-state index contributed by atoms with van der Waals surface area (Å²) in [6, 6.07) is 11.9. The van der Waals surface area contributed by atoms with Gasteiger partial charge in [-0.05, 0) is 36.1 Å². The fourth-order valence-corrected chi connectivity index (χ4v) is 2.28. The maximum Gasteiger partial charge on any atom is 0.115 e. The largest absolute Gasteiger partial charge is 0.508 e. The normalized spacial score (nSPS) is 12.6. The highest BCUT2D eigenvalue weighted by molar-refractivity contribution is 7.10. The monoisotopic (exact) mass is 233 g/mol. The smallest absolute Gasteiger partial charge is 0.115 e. The van der Waals surface area contributed by atoms with Gasteiger partial charge in [0.2, 0.25) is 0 Å². The molecule has 0 bridgehead atoms. The lowest BCUT2D eigenvalue weighted by Gasteiger charge is -2.11. The first-order chi connectivity index (χ1) is 7.75. The molecule has 0 radical (unpaired) electrons. The van der Waals surface area contributed by atoms with Crippen molar-refractivity contribution in [1.82, 2.24) is 5.32 Å². The Morgan fingerprint density at radius 1 is 1.25 bits per heavy atom. The van der Waals surface area contributed by atoms with Crippen LogP contribution in [0, 0.1) is 0 Å². The molecule has 2 rings (SSSR count). The summed E-state index contributed by atoms with van der Waals surface area (Å²) in [7, 11) is 0. The lowest BCUT2D eigenvalue weighted by Crippen LogP contribution is -2.16. The third-order valence-corrected chi connectivity index (χ3v) is 3.57. The van der Waals surface area contributed by atoms with Gasteiger partial charge in [0.15, 0.2) is 0 Å². The zero-order valence-corrected chi connectivity index (χ0v) is 10.00. The van der Waals surface area contributed by atoms with Crippen molar-refractivity contribution in [2.75, 3.05) is 0 Å². The number of hydrogen-bond acceptors (Lipinski definition) is 3. The van der Waals surface area contributed by atoms with Crippen LogP contribution in [0.4, 0.5) is 0 Å². The Morgan fingerprint density at radius 3 is 2.62 bits per heavy atom. The molecule has 16 heavy (non-hydrogen) atoms. The van der Waals surface area contributed by atoms with E-state index in [-0.39, 0.29) is 0 Å². The molecule has 0 saturated heterocycles. The number of thiophene rings is 1. The van der Waals surface area contributed by atoms with Crippen LogP contribution >= 0.6 is 11.3 Å². The molecule has 0 aliphatic heterocycles. The van der Waals surface area contributed by atoms with Gasteiger partial charge < -0.3 is 10.4 Å². The van der Waals surface area contributed by atoms with Crippen molar-refractivity contribution in [3.8, 4) is 5.75 Å². The lowest BCUT2D eigenvalue weighted by molar-refractivity contribution is 0.475. The Morgan fingerprint density at radius 2 is 2.00 bits per heavy atom. The minimum atomic E-state index is 0.315. The van der Waals surface area contributed by atoms with Gasteiger partial charge in [-0.2, -0.15) is 0 Å². The number of nitrogens with one attached hydrogen (secondary N) is 1. The van der Waals surface area contributed by atoms with E-state index in [0.29, 0.717) is 11.8 Å². The predicted molar refractivity (Wildman–Crippen MR) is 67.7 cm³/mol. The van der Waals surface area contributed by atoms with Crippen LogP contribution < -0.4 is 5.32 Å². The van der Waals surface area contributed by atoms with Crippen molar-refractivity contribution < 1.29 is 5.11 Å².